The molecular formula is C15H22N6O3S. The van der Waals surface area contributed by atoms with Crippen LogP contribution in [0.15, 0.2) is 17.2 Å². The molecule has 1 fully saturated rings. The van der Waals surface area contributed by atoms with Gasteiger partial charge in [-0.1, -0.05) is 0 Å². The molecule has 1 N–H and O–H groups in total. The molecule has 0 spiro atoms. The summed E-state index contributed by atoms with van der Waals surface area (Å²) in [5.74, 6) is 0.591. The lowest BCUT2D eigenvalue weighted by Gasteiger charge is -2.26. The van der Waals surface area contributed by atoms with Gasteiger partial charge in [-0.2, -0.15) is 5.10 Å². The van der Waals surface area contributed by atoms with Crippen LogP contribution in [0.3, 0.4) is 0 Å². The highest BCUT2D eigenvalue weighted by molar-refractivity contribution is 7.89. The van der Waals surface area contributed by atoms with Gasteiger partial charge in [-0.15, -0.1) is 0 Å². The third-order valence-corrected chi connectivity index (χ3v) is 5.80. The van der Waals surface area contributed by atoms with Crippen LogP contribution >= 0.6 is 0 Å². The van der Waals surface area contributed by atoms with Crippen molar-refractivity contribution in [2.24, 2.45) is 7.05 Å². The van der Waals surface area contributed by atoms with Crippen molar-refractivity contribution < 1.29 is 13.2 Å². The molecule has 3 rings (SSSR count). The SMILES string of the molecule is Cc1nn(C)c(C)c1S(=O)(=O)NCc1ccnc(N2CCOCC2)n1. The van der Waals surface area contributed by atoms with Gasteiger partial charge in [0.2, 0.25) is 16.0 Å². The minimum Gasteiger partial charge on any atom is -0.378 e. The summed E-state index contributed by atoms with van der Waals surface area (Å²) in [5.41, 5.74) is 1.69. The molecule has 2 aromatic heterocycles. The van der Waals surface area contributed by atoms with Gasteiger partial charge in [-0.3, -0.25) is 4.68 Å². The molecule has 0 unspecified atom stereocenters. The Morgan fingerprint density at radius 2 is 2.00 bits per heavy atom. The number of aromatic nitrogens is 4. The monoisotopic (exact) mass is 366 g/mol. The molecule has 1 aliphatic heterocycles. The van der Waals surface area contributed by atoms with Gasteiger partial charge in [0.15, 0.2) is 0 Å². The summed E-state index contributed by atoms with van der Waals surface area (Å²) >= 11 is 0. The number of nitrogens with zero attached hydrogens (tertiary/aromatic N) is 5. The highest BCUT2D eigenvalue weighted by atomic mass is 32.2. The van der Waals surface area contributed by atoms with Crippen LogP contribution in [0, 0.1) is 13.8 Å². The second-order valence-electron chi connectivity index (χ2n) is 5.90. The van der Waals surface area contributed by atoms with Crippen LogP contribution in [-0.2, 0) is 28.4 Å². The fourth-order valence-electron chi connectivity index (χ4n) is 2.78. The molecule has 0 amide bonds. The molecule has 0 bridgehead atoms. The highest BCUT2D eigenvalue weighted by Crippen LogP contribution is 2.18. The lowest BCUT2D eigenvalue weighted by Crippen LogP contribution is -2.37. The molecule has 0 aliphatic carbocycles. The van der Waals surface area contributed by atoms with Crippen LogP contribution in [0.2, 0.25) is 0 Å². The summed E-state index contributed by atoms with van der Waals surface area (Å²) in [5, 5.41) is 4.16. The van der Waals surface area contributed by atoms with Gasteiger partial charge >= 0.3 is 0 Å². The molecule has 0 radical (unpaired) electrons. The third-order valence-electron chi connectivity index (χ3n) is 4.15. The number of ether oxygens (including phenoxy) is 1. The molecule has 0 saturated carbocycles. The van der Waals surface area contributed by atoms with Crippen LogP contribution in [0.1, 0.15) is 17.1 Å². The predicted octanol–water partition coefficient (Wildman–Crippen LogP) is 0.142. The summed E-state index contributed by atoms with van der Waals surface area (Å²) in [4.78, 5) is 11.0. The standard InChI is InChI=1S/C15H22N6O3S/c1-11-14(12(2)20(3)19-11)25(22,23)17-10-13-4-5-16-15(18-13)21-6-8-24-9-7-21/h4-5,17H,6-10H2,1-3H3. The molecule has 1 saturated heterocycles. The lowest BCUT2D eigenvalue weighted by molar-refractivity contribution is 0.122. The quantitative estimate of drug-likeness (QED) is 0.803. The summed E-state index contributed by atoms with van der Waals surface area (Å²) in [6.07, 6.45) is 1.64. The molecule has 3 heterocycles. The molecule has 136 valence electrons. The van der Waals surface area contributed by atoms with Crippen molar-refractivity contribution in [1.82, 2.24) is 24.5 Å². The van der Waals surface area contributed by atoms with E-state index in [1.54, 1.807) is 37.8 Å². The number of hydrogen-bond acceptors (Lipinski definition) is 7. The maximum atomic E-state index is 12.6. The normalized spacial score (nSPS) is 15.6. The second-order valence-corrected chi connectivity index (χ2v) is 7.60. The first-order valence-electron chi connectivity index (χ1n) is 8.03. The number of aryl methyl sites for hydroxylation is 2. The predicted molar refractivity (Wildman–Crippen MR) is 91.8 cm³/mol. The van der Waals surface area contributed by atoms with E-state index in [0.717, 1.165) is 13.1 Å². The Labute approximate surface area is 147 Å². The van der Waals surface area contributed by atoms with E-state index in [9.17, 15) is 8.42 Å². The topological polar surface area (TPSA) is 102 Å². The van der Waals surface area contributed by atoms with E-state index < -0.39 is 10.0 Å². The Morgan fingerprint density at radius 1 is 1.28 bits per heavy atom. The minimum atomic E-state index is -3.66. The Bertz CT molecular complexity index is 858. The van der Waals surface area contributed by atoms with E-state index in [0.29, 0.717) is 36.2 Å². The summed E-state index contributed by atoms with van der Waals surface area (Å²) in [6.45, 7) is 6.24. The first kappa shape index (κ1) is 17.8. The Morgan fingerprint density at radius 3 is 2.64 bits per heavy atom. The molecule has 25 heavy (non-hydrogen) atoms. The average molecular weight is 366 g/mol. The Hall–Kier alpha value is -2.04. The van der Waals surface area contributed by atoms with Crippen molar-refractivity contribution in [2.75, 3.05) is 31.2 Å². The van der Waals surface area contributed by atoms with Gasteiger partial charge in [-0.05, 0) is 19.9 Å². The van der Waals surface area contributed by atoms with Gasteiger partial charge in [0.25, 0.3) is 0 Å². The first-order valence-corrected chi connectivity index (χ1v) is 9.51. The van der Waals surface area contributed by atoms with E-state index in [2.05, 4.69) is 19.8 Å². The molecule has 9 nitrogen and oxygen atoms in total. The fraction of sp³-hybridized carbons (Fsp3) is 0.533. The van der Waals surface area contributed by atoms with Gasteiger partial charge < -0.3 is 9.64 Å². The van der Waals surface area contributed by atoms with Gasteiger partial charge in [-0.25, -0.2) is 23.1 Å². The van der Waals surface area contributed by atoms with E-state index >= 15 is 0 Å². The highest BCUT2D eigenvalue weighted by Gasteiger charge is 2.23. The van der Waals surface area contributed by atoms with Crippen molar-refractivity contribution in [3.05, 3.63) is 29.3 Å². The van der Waals surface area contributed by atoms with Crippen LogP contribution in [0.25, 0.3) is 0 Å². The van der Waals surface area contributed by atoms with Crippen LogP contribution < -0.4 is 9.62 Å². The van der Waals surface area contributed by atoms with E-state index in [-0.39, 0.29) is 11.4 Å². The van der Waals surface area contributed by atoms with Crippen molar-refractivity contribution in [3.63, 3.8) is 0 Å². The number of morpholine rings is 1. The summed E-state index contributed by atoms with van der Waals surface area (Å²) < 4.78 is 34.7. The summed E-state index contributed by atoms with van der Waals surface area (Å²) in [7, 11) is -1.94. The lowest BCUT2D eigenvalue weighted by atomic mass is 10.4. The van der Waals surface area contributed by atoms with Crippen LogP contribution in [-0.4, -0.2) is 54.5 Å². The van der Waals surface area contributed by atoms with Gasteiger partial charge in [0.05, 0.1) is 36.8 Å². The number of hydrogen-bond donors (Lipinski definition) is 1. The van der Waals surface area contributed by atoms with E-state index in [4.69, 9.17) is 4.74 Å². The first-order chi connectivity index (χ1) is 11.9. The zero-order valence-corrected chi connectivity index (χ0v) is 15.4. The van der Waals surface area contributed by atoms with Crippen molar-refractivity contribution in [2.45, 2.75) is 25.3 Å². The molecular weight excluding hydrogens is 344 g/mol. The van der Waals surface area contributed by atoms with E-state index in [1.165, 1.54) is 0 Å². The molecule has 1 aliphatic rings. The second kappa shape index (κ2) is 7.06. The van der Waals surface area contributed by atoms with Crippen LogP contribution in [0.4, 0.5) is 5.95 Å². The number of rotatable bonds is 5. The number of nitrogens with one attached hydrogen (secondary N) is 1. The van der Waals surface area contributed by atoms with Gasteiger partial charge in [0.1, 0.15) is 4.90 Å². The van der Waals surface area contributed by atoms with Crippen molar-refractivity contribution in [3.8, 4) is 0 Å². The molecule has 10 heteroatoms. The third kappa shape index (κ3) is 3.80. The Kier molecular flexibility index (Phi) is 5.02. The van der Waals surface area contributed by atoms with Crippen LogP contribution in [0.5, 0.6) is 0 Å². The van der Waals surface area contributed by atoms with Crippen molar-refractivity contribution >= 4 is 16.0 Å². The molecule has 0 atom stereocenters. The number of sulfonamides is 1. The van der Waals surface area contributed by atoms with E-state index in [1.807, 2.05) is 4.90 Å². The maximum absolute atomic E-state index is 12.6. The maximum Gasteiger partial charge on any atom is 0.244 e. The average Bonchev–Trinajstić information content (AvgIpc) is 2.87. The largest absolute Gasteiger partial charge is 0.378 e. The zero-order valence-electron chi connectivity index (χ0n) is 14.6. The van der Waals surface area contributed by atoms with Gasteiger partial charge in [0, 0.05) is 26.3 Å². The fourth-order valence-corrected chi connectivity index (χ4v) is 4.22. The Balaban J connectivity index is 1.74. The molecule has 0 aromatic carbocycles. The summed E-state index contributed by atoms with van der Waals surface area (Å²) in [6, 6.07) is 1.70. The smallest absolute Gasteiger partial charge is 0.244 e. The number of anilines is 1. The molecule has 2 aromatic rings. The zero-order chi connectivity index (χ0) is 18.0. The van der Waals surface area contributed by atoms with Crippen molar-refractivity contribution in [1.29, 1.82) is 0 Å². The minimum absolute atomic E-state index is 0.0932.